The van der Waals surface area contributed by atoms with Crippen LogP contribution in [0.4, 0.5) is 4.79 Å². The Morgan fingerprint density at radius 1 is 0.949 bits per heavy atom. The molecule has 3 atom stereocenters. The van der Waals surface area contributed by atoms with Crippen LogP contribution < -0.4 is 5.32 Å². The molecular formula is C30H42N2O6Si. The second-order valence-corrected chi connectivity index (χ2v) is 16.3. The second-order valence-electron chi connectivity index (χ2n) is 11.6. The van der Waals surface area contributed by atoms with Gasteiger partial charge in [0.25, 0.3) is 0 Å². The number of rotatable bonds is 10. The Morgan fingerprint density at radius 3 is 2.03 bits per heavy atom. The van der Waals surface area contributed by atoms with E-state index in [0.717, 1.165) is 11.1 Å². The summed E-state index contributed by atoms with van der Waals surface area (Å²) in [4.78, 5) is 41.1. The molecule has 1 N–H and O–H groups in total. The molecule has 8 nitrogen and oxygen atoms in total. The molecule has 1 fully saturated rings. The number of hydrogen-bond donors (Lipinski definition) is 1. The lowest BCUT2D eigenvalue weighted by molar-refractivity contribution is -0.152. The summed E-state index contributed by atoms with van der Waals surface area (Å²) in [7, 11) is -2.26. The highest BCUT2D eigenvalue weighted by molar-refractivity contribution is 6.74. The Kier molecular flexibility index (Phi) is 10.3. The van der Waals surface area contributed by atoms with Crippen LogP contribution in [0.1, 0.15) is 51.7 Å². The maximum Gasteiger partial charge on any atom is 0.410 e. The number of benzene rings is 2. The Balaban J connectivity index is 1.71. The van der Waals surface area contributed by atoms with Gasteiger partial charge >= 0.3 is 12.1 Å². The molecule has 2 aromatic rings. The molecule has 3 rings (SSSR count). The molecule has 1 saturated heterocycles. The molecule has 9 heteroatoms. The third-order valence-electron chi connectivity index (χ3n) is 7.53. The molecule has 0 saturated carbocycles. The summed E-state index contributed by atoms with van der Waals surface area (Å²) in [5.41, 5.74) is 1.71. The standard InChI is InChI=1S/C30H42N2O6Si/c1-22(38-39(5,6)30(2,3)4)26(28(34)36-20-23-14-9-7-10-15-23)31-27(33)25-18-13-19-32(25)29(35)37-21-24-16-11-8-12-17-24/h7-12,14-17,22,25-26H,13,18-21H2,1-6H3,(H,31,33)/t22-,25-,26+/m0/s1. The zero-order chi connectivity index (χ0) is 28.6. The molecule has 1 aliphatic rings. The molecule has 0 spiro atoms. The van der Waals surface area contributed by atoms with Gasteiger partial charge in [0.05, 0.1) is 6.10 Å². The molecule has 0 aliphatic carbocycles. The van der Waals surface area contributed by atoms with Crippen molar-refractivity contribution >= 4 is 26.3 Å². The van der Waals surface area contributed by atoms with Crippen LogP contribution in [0.15, 0.2) is 60.7 Å². The quantitative estimate of drug-likeness (QED) is 0.311. The van der Waals surface area contributed by atoms with E-state index in [1.165, 1.54) is 4.90 Å². The first-order chi connectivity index (χ1) is 18.4. The van der Waals surface area contributed by atoms with Gasteiger partial charge in [-0.2, -0.15) is 0 Å². The van der Waals surface area contributed by atoms with Gasteiger partial charge in [-0.1, -0.05) is 81.4 Å². The van der Waals surface area contributed by atoms with Crippen LogP contribution in [-0.2, 0) is 36.7 Å². The highest BCUT2D eigenvalue weighted by Gasteiger charge is 2.43. The van der Waals surface area contributed by atoms with Crippen molar-refractivity contribution in [2.24, 2.45) is 0 Å². The Labute approximate surface area is 233 Å². The summed E-state index contributed by atoms with van der Waals surface area (Å²) in [5, 5.41) is 2.77. The van der Waals surface area contributed by atoms with Crippen LogP contribution in [0.5, 0.6) is 0 Å². The van der Waals surface area contributed by atoms with Gasteiger partial charge < -0.3 is 19.2 Å². The molecule has 2 amide bonds. The van der Waals surface area contributed by atoms with Crippen LogP contribution in [-0.4, -0.2) is 55.9 Å². The minimum atomic E-state index is -2.26. The van der Waals surface area contributed by atoms with Gasteiger partial charge in [0, 0.05) is 6.54 Å². The lowest BCUT2D eigenvalue weighted by atomic mass is 10.1. The average molecular weight is 555 g/mol. The predicted octanol–water partition coefficient (Wildman–Crippen LogP) is 5.43. The first-order valence-electron chi connectivity index (χ1n) is 13.5. The number of amides is 2. The van der Waals surface area contributed by atoms with Crippen LogP contribution in [0, 0.1) is 0 Å². The first kappa shape index (κ1) is 30.4. The first-order valence-corrected chi connectivity index (χ1v) is 16.5. The molecular weight excluding hydrogens is 512 g/mol. The minimum absolute atomic E-state index is 0.0836. The number of nitrogens with one attached hydrogen (secondary N) is 1. The topological polar surface area (TPSA) is 94.2 Å². The summed E-state index contributed by atoms with van der Waals surface area (Å²) >= 11 is 0. The largest absolute Gasteiger partial charge is 0.459 e. The van der Waals surface area contributed by atoms with E-state index in [0.29, 0.717) is 19.4 Å². The van der Waals surface area contributed by atoms with E-state index in [1.54, 1.807) is 6.92 Å². The van der Waals surface area contributed by atoms with E-state index in [9.17, 15) is 14.4 Å². The maximum absolute atomic E-state index is 13.5. The van der Waals surface area contributed by atoms with Crippen molar-refractivity contribution in [2.45, 2.75) is 90.1 Å². The van der Waals surface area contributed by atoms with Gasteiger partial charge in [-0.05, 0) is 49.0 Å². The number of hydrogen-bond acceptors (Lipinski definition) is 6. The fraction of sp³-hybridized carbons (Fsp3) is 0.500. The second kappa shape index (κ2) is 13.3. The van der Waals surface area contributed by atoms with E-state index >= 15 is 0 Å². The molecule has 0 radical (unpaired) electrons. The molecule has 39 heavy (non-hydrogen) atoms. The molecule has 1 heterocycles. The summed E-state index contributed by atoms with van der Waals surface area (Å²) in [6.45, 7) is 12.9. The molecule has 1 aliphatic heterocycles. The number of esters is 1. The molecule has 2 aromatic carbocycles. The van der Waals surface area contributed by atoms with Crippen molar-refractivity contribution in [3.63, 3.8) is 0 Å². The number of likely N-dealkylation sites (tertiary alicyclic amines) is 1. The number of carbonyl (C=O) groups is 3. The zero-order valence-corrected chi connectivity index (χ0v) is 24.9. The van der Waals surface area contributed by atoms with E-state index in [4.69, 9.17) is 13.9 Å². The fourth-order valence-electron chi connectivity index (χ4n) is 4.21. The number of carbonyl (C=O) groups excluding carboxylic acids is 3. The smallest absolute Gasteiger partial charge is 0.410 e. The summed E-state index contributed by atoms with van der Waals surface area (Å²) in [6, 6.07) is 17.0. The lowest BCUT2D eigenvalue weighted by Crippen LogP contribution is -2.57. The maximum atomic E-state index is 13.5. The Bertz CT molecular complexity index is 1100. The van der Waals surface area contributed by atoms with E-state index < -0.39 is 44.5 Å². The van der Waals surface area contributed by atoms with Crippen LogP contribution in [0.25, 0.3) is 0 Å². The summed E-state index contributed by atoms with van der Waals surface area (Å²) < 4.78 is 17.6. The van der Waals surface area contributed by atoms with E-state index in [2.05, 4.69) is 39.2 Å². The van der Waals surface area contributed by atoms with Crippen molar-refractivity contribution in [3.8, 4) is 0 Å². The Hall–Kier alpha value is -3.17. The third-order valence-corrected chi connectivity index (χ3v) is 12.1. The van der Waals surface area contributed by atoms with Crippen LogP contribution in [0.2, 0.25) is 18.1 Å². The van der Waals surface area contributed by atoms with Crippen LogP contribution >= 0.6 is 0 Å². The monoisotopic (exact) mass is 554 g/mol. The van der Waals surface area contributed by atoms with Gasteiger partial charge in [-0.15, -0.1) is 0 Å². The summed E-state index contributed by atoms with van der Waals surface area (Å²) in [6.07, 6.45) is -0.0315. The van der Waals surface area contributed by atoms with Crippen molar-refractivity contribution in [3.05, 3.63) is 71.8 Å². The van der Waals surface area contributed by atoms with Crippen molar-refractivity contribution < 1.29 is 28.3 Å². The molecule has 212 valence electrons. The third kappa shape index (κ3) is 8.40. The van der Waals surface area contributed by atoms with Crippen LogP contribution in [0.3, 0.4) is 0 Å². The fourth-order valence-corrected chi connectivity index (χ4v) is 5.62. The van der Waals surface area contributed by atoms with Gasteiger partial charge in [-0.25, -0.2) is 9.59 Å². The van der Waals surface area contributed by atoms with Gasteiger partial charge in [0.15, 0.2) is 14.4 Å². The average Bonchev–Trinajstić information content (AvgIpc) is 3.39. The molecule has 0 bridgehead atoms. The molecule has 0 unspecified atom stereocenters. The lowest BCUT2D eigenvalue weighted by Gasteiger charge is -2.40. The van der Waals surface area contributed by atoms with Gasteiger partial charge in [0.1, 0.15) is 19.3 Å². The summed E-state index contributed by atoms with van der Waals surface area (Å²) in [5.74, 6) is -0.994. The predicted molar refractivity (Wildman–Crippen MR) is 152 cm³/mol. The minimum Gasteiger partial charge on any atom is -0.459 e. The van der Waals surface area contributed by atoms with Crippen molar-refractivity contribution in [2.75, 3.05) is 6.54 Å². The number of nitrogens with zero attached hydrogens (tertiary/aromatic N) is 1. The van der Waals surface area contributed by atoms with Crippen molar-refractivity contribution in [1.29, 1.82) is 0 Å². The van der Waals surface area contributed by atoms with E-state index in [-0.39, 0.29) is 18.3 Å². The normalized spacial score (nSPS) is 17.3. The highest BCUT2D eigenvalue weighted by Crippen LogP contribution is 2.37. The number of ether oxygens (including phenoxy) is 2. The van der Waals surface area contributed by atoms with Crippen molar-refractivity contribution in [1.82, 2.24) is 10.2 Å². The highest BCUT2D eigenvalue weighted by atomic mass is 28.4. The SMILES string of the molecule is C[C@H](O[Si](C)(C)C(C)(C)C)[C@@H](NC(=O)[C@@H]1CCCN1C(=O)OCc1ccccc1)C(=O)OCc1ccccc1. The Morgan fingerprint density at radius 2 is 1.49 bits per heavy atom. The van der Waals surface area contributed by atoms with E-state index in [1.807, 2.05) is 60.7 Å². The zero-order valence-electron chi connectivity index (χ0n) is 23.9. The van der Waals surface area contributed by atoms with Gasteiger partial charge in [-0.3, -0.25) is 9.69 Å². The van der Waals surface area contributed by atoms with Gasteiger partial charge in [0.2, 0.25) is 5.91 Å². The molecule has 0 aromatic heterocycles.